The predicted octanol–water partition coefficient (Wildman–Crippen LogP) is 3.40. The van der Waals surface area contributed by atoms with Crippen molar-refractivity contribution in [3.63, 3.8) is 0 Å². The van der Waals surface area contributed by atoms with Crippen LogP contribution in [0.4, 0.5) is 0 Å². The van der Waals surface area contributed by atoms with E-state index >= 15 is 0 Å². The number of rotatable bonds is 4. The van der Waals surface area contributed by atoms with Crippen LogP contribution in [-0.4, -0.2) is 36.6 Å². The van der Waals surface area contributed by atoms with Gasteiger partial charge in [0.05, 0.1) is 18.3 Å². The lowest BCUT2D eigenvalue weighted by Gasteiger charge is -2.39. The van der Waals surface area contributed by atoms with Crippen LogP contribution in [-0.2, 0) is 9.47 Å². The maximum Gasteiger partial charge on any atom is 0.0940 e. The molecule has 0 saturated carbocycles. The third kappa shape index (κ3) is 4.44. The van der Waals surface area contributed by atoms with Gasteiger partial charge in [-0.3, -0.25) is 0 Å². The van der Waals surface area contributed by atoms with E-state index in [2.05, 4.69) is 27.7 Å². The van der Waals surface area contributed by atoms with Crippen LogP contribution in [0.2, 0.25) is 0 Å². The Morgan fingerprint density at radius 2 is 2.05 bits per heavy atom. The number of hydrogen-bond donors (Lipinski definition) is 1. The molecule has 20 heavy (non-hydrogen) atoms. The van der Waals surface area contributed by atoms with E-state index in [1.54, 1.807) is 0 Å². The van der Waals surface area contributed by atoms with Crippen LogP contribution in [0.25, 0.3) is 0 Å². The van der Waals surface area contributed by atoms with Gasteiger partial charge in [-0.15, -0.1) is 0 Å². The van der Waals surface area contributed by atoms with Crippen molar-refractivity contribution in [1.82, 2.24) is 0 Å². The van der Waals surface area contributed by atoms with E-state index in [0.717, 1.165) is 38.9 Å². The van der Waals surface area contributed by atoms with Crippen LogP contribution in [0.3, 0.4) is 0 Å². The summed E-state index contributed by atoms with van der Waals surface area (Å²) in [5.41, 5.74) is 0.256. The van der Waals surface area contributed by atoms with Crippen molar-refractivity contribution in [3.05, 3.63) is 0 Å². The normalized spacial score (nSPS) is 34.4. The molecule has 118 valence electrons. The Labute approximate surface area is 124 Å². The molecule has 1 spiro atoms. The molecular formula is C17H32O3. The quantitative estimate of drug-likeness (QED) is 0.860. The lowest BCUT2D eigenvalue weighted by Crippen LogP contribution is -2.43. The second kappa shape index (κ2) is 6.33. The molecule has 0 bridgehead atoms. The zero-order chi connectivity index (χ0) is 14.8. The average Bonchev–Trinajstić information content (AvgIpc) is 2.74. The summed E-state index contributed by atoms with van der Waals surface area (Å²) in [5.74, 6) is 0.955. The van der Waals surface area contributed by atoms with Crippen molar-refractivity contribution in [3.8, 4) is 0 Å². The largest absolute Gasteiger partial charge is 0.393 e. The summed E-state index contributed by atoms with van der Waals surface area (Å²) in [6.45, 7) is 11.4. The first-order chi connectivity index (χ1) is 9.30. The van der Waals surface area contributed by atoms with Crippen LogP contribution in [0.15, 0.2) is 0 Å². The lowest BCUT2D eigenvalue weighted by atomic mass is 9.77. The van der Waals surface area contributed by atoms with Crippen molar-refractivity contribution in [2.45, 2.75) is 71.5 Å². The van der Waals surface area contributed by atoms with Crippen LogP contribution in [0, 0.1) is 17.3 Å². The minimum Gasteiger partial charge on any atom is -0.393 e. The lowest BCUT2D eigenvalue weighted by molar-refractivity contribution is -0.118. The molecule has 2 saturated heterocycles. The summed E-state index contributed by atoms with van der Waals surface area (Å²) >= 11 is 0. The van der Waals surface area contributed by atoms with Crippen LogP contribution in [0.5, 0.6) is 0 Å². The fourth-order valence-corrected chi connectivity index (χ4v) is 3.99. The van der Waals surface area contributed by atoms with E-state index < -0.39 is 0 Å². The molecule has 2 fully saturated rings. The molecule has 4 atom stereocenters. The molecule has 2 aliphatic rings. The van der Waals surface area contributed by atoms with Gasteiger partial charge in [-0.05, 0) is 42.9 Å². The second-order valence-corrected chi connectivity index (χ2v) is 8.26. The molecular weight excluding hydrogens is 252 g/mol. The molecule has 0 aliphatic carbocycles. The van der Waals surface area contributed by atoms with Crippen LogP contribution >= 0.6 is 0 Å². The van der Waals surface area contributed by atoms with Gasteiger partial charge in [-0.25, -0.2) is 0 Å². The monoisotopic (exact) mass is 284 g/mol. The Bertz CT molecular complexity index is 302. The summed E-state index contributed by atoms with van der Waals surface area (Å²) in [6.07, 6.45) is 4.85. The molecule has 0 aromatic heterocycles. The summed E-state index contributed by atoms with van der Waals surface area (Å²) < 4.78 is 11.5. The molecule has 0 aromatic carbocycles. The number of aliphatic hydroxyl groups excluding tert-OH is 1. The molecule has 0 radical (unpaired) electrons. The fraction of sp³-hybridized carbons (Fsp3) is 1.00. The molecule has 0 amide bonds. The van der Waals surface area contributed by atoms with Crippen molar-refractivity contribution >= 4 is 0 Å². The molecule has 2 rings (SSSR count). The Balaban J connectivity index is 1.84. The smallest absolute Gasteiger partial charge is 0.0940 e. The number of hydrogen-bond acceptors (Lipinski definition) is 3. The summed E-state index contributed by atoms with van der Waals surface area (Å²) in [7, 11) is 0. The second-order valence-electron chi connectivity index (χ2n) is 8.26. The van der Waals surface area contributed by atoms with Gasteiger partial charge >= 0.3 is 0 Å². The first-order valence-electron chi connectivity index (χ1n) is 8.19. The highest BCUT2D eigenvalue weighted by Gasteiger charge is 2.42. The summed E-state index contributed by atoms with van der Waals surface area (Å²) in [4.78, 5) is 0. The Kier molecular flexibility index (Phi) is 5.14. The molecule has 0 aromatic rings. The Morgan fingerprint density at radius 3 is 2.65 bits per heavy atom. The van der Waals surface area contributed by atoms with Crippen molar-refractivity contribution in [2.24, 2.45) is 17.3 Å². The fourth-order valence-electron chi connectivity index (χ4n) is 3.99. The number of aliphatic hydroxyl groups is 1. The van der Waals surface area contributed by atoms with E-state index in [-0.39, 0.29) is 11.7 Å². The Hall–Kier alpha value is -0.120. The van der Waals surface area contributed by atoms with Gasteiger partial charge in [0.2, 0.25) is 0 Å². The van der Waals surface area contributed by atoms with E-state index in [4.69, 9.17) is 9.47 Å². The molecule has 1 N–H and O–H groups in total. The predicted molar refractivity (Wildman–Crippen MR) is 80.7 cm³/mol. The van der Waals surface area contributed by atoms with E-state index in [1.165, 1.54) is 6.42 Å². The van der Waals surface area contributed by atoms with Crippen molar-refractivity contribution in [2.75, 3.05) is 19.8 Å². The molecule has 3 heteroatoms. The first-order valence-corrected chi connectivity index (χ1v) is 8.19. The third-order valence-electron chi connectivity index (χ3n) is 4.75. The van der Waals surface area contributed by atoms with Gasteiger partial charge in [0, 0.05) is 19.6 Å². The standard InChI is InChI=1S/C17H32O3/c1-13(10-16(2,3)4)9-15(18)14-5-7-20-17(11-14)6-8-19-12-17/h13-15,18H,5-12H2,1-4H3. The number of ether oxygens (including phenoxy) is 2. The SMILES string of the molecule is CC(CC(O)C1CCOC2(CCOC2)C1)CC(C)(C)C. The van der Waals surface area contributed by atoms with Gasteiger partial charge < -0.3 is 14.6 Å². The zero-order valence-corrected chi connectivity index (χ0v) is 13.7. The molecule has 2 aliphatic heterocycles. The molecule has 2 heterocycles. The van der Waals surface area contributed by atoms with Gasteiger partial charge in [-0.1, -0.05) is 27.7 Å². The van der Waals surface area contributed by atoms with E-state index in [0.29, 0.717) is 23.9 Å². The van der Waals surface area contributed by atoms with Gasteiger partial charge in [0.1, 0.15) is 0 Å². The zero-order valence-electron chi connectivity index (χ0n) is 13.7. The molecule has 3 nitrogen and oxygen atoms in total. The van der Waals surface area contributed by atoms with Crippen LogP contribution < -0.4 is 0 Å². The maximum absolute atomic E-state index is 10.6. The van der Waals surface area contributed by atoms with Crippen LogP contribution in [0.1, 0.15) is 59.8 Å². The highest BCUT2D eigenvalue weighted by Crippen LogP contribution is 2.38. The topological polar surface area (TPSA) is 38.7 Å². The van der Waals surface area contributed by atoms with E-state index in [9.17, 15) is 5.11 Å². The summed E-state index contributed by atoms with van der Waals surface area (Å²) in [6, 6.07) is 0. The first kappa shape index (κ1) is 16.3. The highest BCUT2D eigenvalue weighted by atomic mass is 16.6. The molecule has 4 unspecified atom stereocenters. The third-order valence-corrected chi connectivity index (χ3v) is 4.75. The minimum atomic E-state index is -0.186. The van der Waals surface area contributed by atoms with Gasteiger partial charge in [-0.2, -0.15) is 0 Å². The average molecular weight is 284 g/mol. The highest BCUT2D eigenvalue weighted by molar-refractivity contribution is 4.92. The van der Waals surface area contributed by atoms with Gasteiger partial charge in [0.15, 0.2) is 0 Å². The van der Waals surface area contributed by atoms with Crippen molar-refractivity contribution < 1.29 is 14.6 Å². The minimum absolute atomic E-state index is 0.0861. The summed E-state index contributed by atoms with van der Waals surface area (Å²) in [5, 5.41) is 10.6. The van der Waals surface area contributed by atoms with Crippen molar-refractivity contribution in [1.29, 1.82) is 0 Å². The van der Waals surface area contributed by atoms with E-state index in [1.807, 2.05) is 0 Å². The maximum atomic E-state index is 10.6. The Morgan fingerprint density at radius 1 is 1.30 bits per heavy atom. The van der Waals surface area contributed by atoms with Gasteiger partial charge in [0.25, 0.3) is 0 Å².